The van der Waals surface area contributed by atoms with Crippen molar-refractivity contribution in [1.82, 2.24) is 5.43 Å². The number of fused-ring (bicyclic) bond motifs is 1. The summed E-state index contributed by atoms with van der Waals surface area (Å²) in [6.45, 7) is 1.66. The fourth-order valence-electron chi connectivity index (χ4n) is 2.38. The molecule has 0 fully saturated rings. The number of halogens is 1. The molecular formula is C19H15FN2O2. The number of phenolic OH excluding ortho intramolecular Hbond substituents is 1. The van der Waals surface area contributed by atoms with Gasteiger partial charge >= 0.3 is 0 Å². The van der Waals surface area contributed by atoms with Gasteiger partial charge in [0.1, 0.15) is 11.6 Å². The second-order valence-electron chi connectivity index (χ2n) is 5.36. The normalized spacial score (nSPS) is 11.5. The van der Waals surface area contributed by atoms with Crippen LogP contribution in [0, 0.1) is 5.82 Å². The van der Waals surface area contributed by atoms with Crippen LogP contribution in [0.4, 0.5) is 4.39 Å². The van der Waals surface area contributed by atoms with E-state index in [2.05, 4.69) is 10.5 Å². The third-order valence-corrected chi connectivity index (χ3v) is 3.68. The third kappa shape index (κ3) is 3.25. The Morgan fingerprint density at radius 3 is 2.46 bits per heavy atom. The first kappa shape index (κ1) is 15.7. The van der Waals surface area contributed by atoms with Gasteiger partial charge in [-0.3, -0.25) is 4.79 Å². The zero-order valence-electron chi connectivity index (χ0n) is 13.0. The quantitative estimate of drug-likeness (QED) is 0.568. The van der Waals surface area contributed by atoms with Crippen LogP contribution in [0.3, 0.4) is 0 Å². The SMILES string of the molecule is C/C(=N\NC(=O)c1cc2ccccc2cc1O)c1cccc(F)c1. The minimum atomic E-state index is -0.533. The predicted octanol–water partition coefficient (Wildman–Crippen LogP) is 3.84. The maximum Gasteiger partial charge on any atom is 0.275 e. The average molecular weight is 322 g/mol. The highest BCUT2D eigenvalue weighted by Crippen LogP contribution is 2.24. The maximum atomic E-state index is 13.2. The first-order valence-corrected chi connectivity index (χ1v) is 7.37. The molecule has 0 saturated heterocycles. The van der Waals surface area contributed by atoms with Gasteiger partial charge in [-0.15, -0.1) is 0 Å². The molecule has 120 valence electrons. The zero-order valence-corrected chi connectivity index (χ0v) is 13.0. The molecule has 24 heavy (non-hydrogen) atoms. The van der Waals surface area contributed by atoms with Gasteiger partial charge in [0.05, 0.1) is 11.3 Å². The summed E-state index contributed by atoms with van der Waals surface area (Å²) in [5.74, 6) is -1.03. The summed E-state index contributed by atoms with van der Waals surface area (Å²) in [7, 11) is 0. The molecule has 2 N–H and O–H groups in total. The minimum Gasteiger partial charge on any atom is -0.507 e. The number of amides is 1. The molecule has 0 aliphatic heterocycles. The van der Waals surface area contributed by atoms with E-state index in [-0.39, 0.29) is 17.1 Å². The Bertz CT molecular complexity index is 951. The minimum absolute atomic E-state index is 0.121. The zero-order chi connectivity index (χ0) is 17.1. The smallest absolute Gasteiger partial charge is 0.275 e. The van der Waals surface area contributed by atoms with Gasteiger partial charge in [0.2, 0.25) is 0 Å². The van der Waals surface area contributed by atoms with E-state index in [1.165, 1.54) is 18.2 Å². The largest absolute Gasteiger partial charge is 0.507 e. The van der Waals surface area contributed by atoms with Gasteiger partial charge in [-0.25, -0.2) is 9.82 Å². The molecule has 0 aliphatic rings. The lowest BCUT2D eigenvalue weighted by Crippen LogP contribution is -2.19. The number of rotatable bonds is 3. The number of carbonyl (C=O) groups excluding carboxylic acids is 1. The average Bonchev–Trinajstić information content (AvgIpc) is 2.58. The predicted molar refractivity (Wildman–Crippen MR) is 91.7 cm³/mol. The van der Waals surface area contributed by atoms with Crippen molar-refractivity contribution < 1.29 is 14.3 Å². The van der Waals surface area contributed by atoms with Crippen LogP contribution in [0.1, 0.15) is 22.8 Å². The van der Waals surface area contributed by atoms with Crippen molar-refractivity contribution in [2.75, 3.05) is 0 Å². The van der Waals surface area contributed by atoms with E-state index >= 15 is 0 Å². The number of nitrogens with zero attached hydrogens (tertiary/aromatic N) is 1. The Morgan fingerprint density at radius 2 is 1.75 bits per heavy atom. The fourth-order valence-corrected chi connectivity index (χ4v) is 2.38. The molecule has 0 radical (unpaired) electrons. The number of carbonyl (C=O) groups is 1. The summed E-state index contributed by atoms with van der Waals surface area (Å²) in [5.41, 5.74) is 3.55. The fraction of sp³-hybridized carbons (Fsp3) is 0.0526. The summed E-state index contributed by atoms with van der Waals surface area (Å²) in [4.78, 5) is 12.3. The molecule has 0 bridgehead atoms. The number of benzene rings is 3. The van der Waals surface area contributed by atoms with E-state index in [0.717, 1.165) is 10.8 Å². The molecule has 5 heteroatoms. The Hall–Kier alpha value is -3.21. The Morgan fingerprint density at radius 1 is 1.04 bits per heavy atom. The van der Waals surface area contributed by atoms with Crippen molar-refractivity contribution in [3.05, 3.63) is 77.6 Å². The van der Waals surface area contributed by atoms with E-state index < -0.39 is 5.91 Å². The standard InChI is InChI=1S/C19H15FN2O2/c1-12(13-7-4-8-16(20)9-13)21-22-19(24)17-10-14-5-2-3-6-15(14)11-18(17)23/h2-11,23H,1H3,(H,22,24)/b21-12+. The molecule has 0 aliphatic carbocycles. The highest BCUT2D eigenvalue weighted by Gasteiger charge is 2.12. The van der Waals surface area contributed by atoms with Gasteiger partial charge in [0, 0.05) is 5.56 Å². The molecule has 0 saturated carbocycles. The lowest BCUT2D eigenvalue weighted by atomic mass is 10.1. The van der Waals surface area contributed by atoms with E-state index in [1.54, 1.807) is 25.1 Å². The molecule has 0 heterocycles. The van der Waals surface area contributed by atoms with Crippen LogP contribution in [-0.2, 0) is 0 Å². The van der Waals surface area contributed by atoms with Crippen LogP contribution in [0.25, 0.3) is 10.8 Å². The summed E-state index contributed by atoms with van der Waals surface area (Å²) < 4.78 is 13.2. The van der Waals surface area contributed by atoms with Gasteiger partial charge in [-0.1, -0.05) is 36.4 Å². The molecule has 3 rings (SSSR count). The number of hydrogen-bond acceptors (Lipinski definition) is 3. The molecule has 4 nitrogen and oxygen atoms in total. The molecule has 3 aromatic carbocycles. The van der Waals surface area contributed by atoms with E-state index in [9.17, 15) is 14.3 Å². The molecule has 1 amide bonds. The monoisotopic (exact) mass is 322 g/mol. The highest BCUT2D eigenvalue weighted by atomic mass is 19.1. The Balaban J connectivity index is 1.84. The van der Waals surface area contributed by atoms with Gasteiger partial charge in [0.25, 0.3) is 5.91 Å². The lowest BCUT2D eigenvalue weighted by molar-refractivity contribution is 0.0952. The van der Waals surface area contributed by atoms with Crippen molar-refractivity contribution in [3.8, 4) is 5.75 Å². The van der Waals surface area contributed by atoms with Crippen LogP contribution in [0.5, 0.6) is 5.75 Å². The molecule has 3 aromatic rings. The van der Waals surface area contributed by atoms with Crippen molar-refractivity contribution in [1.29, 1.82) is 0 Å². The van der Waals surface area contributed by atoms with Crippen molar-refractivity contribution >= 4 is 22.4 Å². The van der Waals surface area contributed by atoms with Gasteiger partial charge in [0.15, 0.2) is 0 Å². The summed E-state index contributed by atoms with van der Waals surface area (Å²) in [6, 6.07) is 16.5. The number of phenols is 1. The van der Waals surface area contributed by atoms with Gasteiger partial charge in [-0.05, 0) is 42.0 Å². The van der Waals surface area contributed by atoms with E-state index in [0.29, 0.717) is 11.3 Å². The Labute approximate surface area is 138 Å². The number of nitrogens with one attached hydrogen (secondary N) is 1. The van der Waals surface area contributed by atoms with E-state index in [4.69, 9.17) is 0 Å². The first-order valence-electron chi connectivity index (χ1n) is 7.37. The molecular weight excluding hydrogens is 307 g/mol. The van der Waals surface area contributed by atoms with Crippen LogP contribution in [-0.4, -0.2) is 16.7 Å². The van der Waals surface area contributed by atoms with Crippen molar-refractivity contribution in [2.45, 2.75) is 6.92 Å². The van der Waals surface area contributed by atoms with Crippen molar-refractivity contribution in [2.24, 2.45) is 5.10 Å². The van der Waals surface area contributed by atoms with Crippen LogP contribution in [0.15, 0.2) is 65.8 Å². The summed E-state index contributed by atoms with van der Waals surface area (Å²) >= 11 is 0. The Kier molecular flexibility index (Phi) is 4.24. The summed E-state index contributed by atoms with van der Waals surface area (Å²) in [6.07, 6.45) is 0. The number of hydrazone groups is 1. The second-order valence-corrected chi connectivity index (χ2v) is 5.36. The topological polar surface area (TPSA) is 61.7 Å². The van der Waals surface area contributed by atoms with Crippen LogP contribution < -0.4 is 5.43 Å². The molecule has 0 unspecified atom stereocenters. The third-order valence-electron chi connectivity index (χ3n) is 3.68. The number of hydrogen-bond donors (Lipinski definition) is 2. The number of aromatic hydroxyl groups is 1. The lowest BCUT2D eigenvalue weighted by Gasteiger charge is -2.07. The maximum absolute atomic E-state index is 13.2. The molecule has 0 atom stereocenters. The van der Waals surface area contributed by atoms with Crippen molar-refractivity contribution in [3.63, 3.8) is 0 Å². The molecule has 0 aromatic heterocycles. The summed E-state index contributed by atoms with van der Waals surface area (Å²) in [5, 5.41) is 15.7. The van der Waals surface area contributed by atoms with Crippen LogP contribution in [0.2, 0.25) is 0 Å². The van der Waals surface area contributed by atoms with E-state index in [1.807, 2.05) is 24.3 Å². The first-order chi connectivity index (χ1) is 11.5. The second kappa shape index (κ2) is 6.50. The van der Waals surface area contributed by atoms with Gasteiger partial charge < -0.3 is 5.11 Å². The van der Waals surface area contributed by atoms with Gasteiger partial charge in [-0.2, -0.15) is 5.10 Å². The van der Waals surface area contributed by atoms with Crippen LogP contribution >= 0.6 is 0 Å². The molecule has 0 spiro atoms. The highest BCUT2D eigenvalue weighted by molar-refractivity contribution is 6.03.